The summed E-state index contributed by atoms with van der Waals surface area (Å²) < 4.78 is 6.68. The van der Waals surface area contributed by atoms with Gasteiger partial charge in [-0.2, -0.15) is 0 Å². The van der Waals surface area contributed by atoms with Gasteiger partial charge in [-0.1, -0.05) is 28.1 Å². The largest absolute Gasteiger partial charge is 0.481 e. The predicted octanol–water partition coefficient (Wildman–Crippen LogP) is 2.21. The van der Waals surface area contributed by atoms with Crippen molar-refractivity contribution in [2.75, 3.05) is 19.7 Å². The van der Waals surface area contributed by atoms with Gasteiger partial charge in [-0.25, -0.2) is 0 Å². The molecule has 6 heteroatoms. The van der Waals surface area contributed by atoms with Gasteiger partial charge in [0.1, 0.15) is 6.10 Å². The fourth-order valence-corrected chi connectivity index (χ4v) is 2.39. The van der Waals surface area contributed by atoms with Crippen LogP contribution >= 0.6 is 15.9 Å². The second-order valence-electron chi connectivity index (χ2n) is 4.64. The fraction of sp³-hybridized carbons (Fsp3) is 0.429. The summed E-state index contributed by atoms with van der Waals surface area (Å²) in [4.78, 5) is 24.1. The number of carboxylic acid groups (broad SMARTS) is 1. The van der Waals surface area contributed by atoms with E-state index in [0.29, 0.717) is 19.7 Å². The molecule has 1 aromatic rings. The van der Waals surface area contributed by atoms with E-state index in [1.165, 1.54) is 0 Å². The molecule has 0 radical (unpaired) electrons. The molecule has 0 aromatic heterocycles. The Balaban J connectivity index is 1.96. The van der Waals surface area contributed by atoms with Crippen LogP contribution in [0.25, 0.3) is 0 Å². The number of nitrogens with zero attached hydrogens (tertiary/aromatic N) is 1. The Morgan fingerprint density at radius 2 is 2.00 bits per heavy atom. The minimum absolute atomic E-state index is 0.0440. The summed E-state index contributed by atoms with van der Waals surface area (Å²) in [5.41, 5.74) is 1.02. The zero-order valence-electron chi connectivity index (χ0n) is 10.9. The summed E-state index contributed by atoms with van der Waals surface area (Å²) in [6.07, 6.45) is -0.229. The molecule has 1 fully saturated rings. The van der Waals surface area contributed by atoms with Gasteiger partial charge >= 0.3 is 5.97 Å². The number of halogens is 1. The molecule has 20 heavy (non-hydrogen) atoms. The number of rotatable bonds is 4. The first-order chi connectivity index (χ1) is 9.56. The molecule has 1 aromatic carbocycles. The summed E-state index contributed by atoms with van der Waals surface area (Å²) in [7, 11) is 0. The van der Waals surface area contributed by atoms with Gasteiger partial charge in [-0.3, -0.25) is 9.59 Å². The van der Waals surface area contributed by atoms with Crippen molar-refractivity contribution < 1.29 is 19.4 Å². The first kappa shape index (κ1) is 15.0. The van der Waals surface area contributed by atoms with Crippen LogP contribution < -0.4 is 0 Å². The van der Waals surface area contributed by atoms with Gasteiger partial charge in [0, 0.05) is 17.4 Å². The van der Waals surface area contributed by atoms with E-state index in [1.807, 2.05) is 24.3 Å². The van der Waals surface area contributed by atoms with Gasteiger partial charge < -0.3 is 14.7 Å². The molecule has 2 rings (SSSR count). The Morgan fingerprint density at radius 1 is 1.30 bits per heavy atom. The Morgan fingerprint density at radius 3 is 2.65 bits per heavy atom. The van der Waals surface area contributed by atoms with Gasteiger partial charge in [0.25, 0.3) is 0 Å². The van der Waals surface area contributed by atoms with E-state index < -0.39 is 5.97 Å². The lowest BCUT2D eigenvalue weighted by Gasteiger charge is -2.33. The number of ether oxygens (including phenoxy) is 1. The first-order valence-electron chi connectivity index (χ1n) is 6.43. The molecule has 0 spiro atoms. The number of amides is 1. The minimum atomic E-state index is -0.948. The van der Waals surface area contributed by atoms with Crippen LogP contribution in [0.1, 0.15) is 24.5 Å². The third-order valence-corrected chi connectivity index (χ3v) is 3.74. The normalized spacial score (nSPS) is 18.9. The van der Waals surface area contributed by atoms with Crippen LogP contribution in [0.15, 0.2) is 28.7 Å². The highest BCUT2D eigenvalue weighted by molar-refractivity contribution is 9.10. The van der Waals surface area contributed by atoms with Crippen molar-refractivity contribution in [1.82, 2.24) is 4.90 Å². The van der Waals surface area contributed by atoms with E-state index in [0.717, 1.165) is 10.0 Å². The topological polar surface area (TPSA) is 66.8 Å². The molecular formula is C14H16BrNO4. The van der Waals surface area contributed by atoms with Crippen LogP contribution in [0.5, 0.6) is 0 Å². The first-order valence-corrected chi connectivity index (χ1v) is 7.22. The Hall–Kier alpha value is -1.40. The third-order valence-electron chi connectivity index (χ3n) is 3.21. The van der Waals surface area contributed by atoms with Crippen molar-refractivity contribution in [3.8, 4) is 0 Å². The summed E-state index contributed by atoms with van der Waals surface area (Å²) in [6, 6.07) is 7.79. The number of benzene rings is 1. The highest BCUT2D eigenvalue weighted by Gasteiger charge is 2.25. The van der Waals surface area contributed by atoms with Crippen LogP contribution in [0, 0.1) is 0 Å². The van der Waals surface area contributed by atoms with Crippen molar-refractivity contribution in [1.29, 1.82) is 0 Å². The van der Waals surface area contributed by atoms with Crippen LogP contribution in [-0.2, 0) is 14.3 Å². The molecule has 5 nitrogen and oxygen atoms in total. The smallest absolute Gasteiger partial charge is 0.303 e. The average molecular weight is 342 g/mol. The molecule has 1 saturated heterocycles. The maximum Gasteiger partial charge on any atom is 0.303 e. The molecule has 1 aliphatic heterocycles. The Labute approximate surface area is 125 Å². The van der Waals surface area contributed by atoms with Gasteiger partial charge in [-0.05, 0) is 17.7 Å². The van der Waals surface area contributed by atoms with Gasteiger partial charge in [0.05, 0.1) is 19.6 Å². The molecule has 0 bridgehead atoms. The zero-order chi connectivity index (χ0) is 14.5. The van der Waals surface area contributed by atoms with Crippen molar-refractivity contribution in [2.24, 2.45) is 0 Å². The molecule has 1 heterocycles. The molecule has 1 amide bonds. The minimum Gasteiger partial charge on any atom is -0.481 e. The summed E-state index contributed by atoms with van der Waals surface area (Å²) >= 11 is 3.38. The van der Waals surface area contributed by atoms with E-state index in [9.17, 15) is 9.59 Å². The predicted molar refractivity (Wildman–Crippen MR) is 76.3 cm³/mol. The highest BCUT2D eigenvalue weighted by atomic mass is 79.9. The molecule has 1 atom stereocenters. The number of morpholine rings is 1. The lowest BCUT2D eigenvalue weighted by molar-refractivity contribution is -0.144. The molecule has 1 aliphatic rings. The van der Waals surface area contributed by atoms with Crippen molar-refractivity contribution in [2.45, 2.75) is 18.9 Å². The lowest BCUT2D eigenvalue weighted by Crippen LogP contribution is -2.42. The third kappa shape index (κ3) is 4.05. The van der Waals surface area contributed by atoms with E-state index >= 15 is 0 Å². The molecule has 108 valence electrons. The molecule has 1 N–H and O–H groups in total. The van der Waals surface area contributed by atoms with Crippen LogP contribution in [0.4, 0.5) is 0 Å². The van der Waals surface area contributed by atoms with Crippen molar-refractivity contribution in [3.05, 3.63) is 34.3 Å². The van der Waals surface area contributed by atoms with E-state index in [1.54, 1.807) is 4.90 Å². The Kier molecular flexibility index (Phi) is 5.14. The summed E-state index contributed by atoms with van der Waals surface area (Å²) in [5, 5.41) is 8.62. The SMILES string of the molecule is O=C(O)CCC(=O)N1CCOC(c2ccc(Br)cc2)C1. The number of hydrogen-bond acceptors (Lipinski definition) is 3. The standard InChI is InChI=1S/C14H16BrNO4/c15-11-3-1-10(2-4-11)12-9-16(7-8-20-12)13(17)5-6-14(18)19/h1-4,12H,5-9H2,(H,18,19). The quantitative estimate of drug-likeness (QED) is 0.911. The summed E-state index contributed by atoms with van der Waals surface area (Å²) in [5.74, 6) is -1.08. The maximum absolute atomic E-state index is 11.9. The molecular weight excluding hydrogens is 326 g/mol. The van der Waals surface area contributed by atoms with Crippen LogP contribution in [0.2, 0.25) is 0 Å². The monoisotopic (exact) mass is 341 g/mol. The van der Waals surface area contributed by atoms with E-state index in [2.05, 4.69) is 15.9 Å². The highest BCUT2D eigenvalue weighted by Crippen LogP contribution is 2.24. The van der Waals surface area contributed by atoms with Crippen LogP contribution in [-0.4, -0.2) is 41.6 Å². The fourth-order valence-electron chi connectivity index (χ4n) is 2.13. The number of carboxylic acids is 1. The van der Waals surface area contributed by atoms with Crippen molar-refractivity contribution >= 4 is 27.8 Å². The number of hydrogen-bond donors (Lipinski definition) is 1. The maximum atomic E-state index is 11.9. The van der Waals surface area contributed by atoms with E-state index in [4.69, 9.17) is 9.84 Å². The number of carbonyl (C=O) groups excluding carboxylic acids is 1. The van der Waals surface area contributed by atoms with Crippen molar-refractivity contribution in [3.63, 3.8) is 0 Å². The zero-order valence-corrected chi connectivity index (χ0v) is 12.5. The summed E-state index contributed by atoms with van der Waals surface area (Å²) in [6.45, 7) is 1.46. The van der Waals surface area contributed by atoms with E-state index in [-0.39, 0.29) is 24.9 Å². The number of carbonyl (C=O) groups is 2. The molecule has 0 saturated carbocycles. The molecule has 0 aliphatic carbocycles. The van der Waals surface area contributed by atoms with Gasteiger partial charge in [0.15, 0.2) is 0 Å². The van der Waals surface area contributed by atoms with Crippen LogP contribution in [0.3, 0.4) is 0 Å². The molecule has 1 unspecified atom stereocenters. The second kappa shape index (κ2) is 6.85. The number of aliphatic carboxylic acids is 1. The average Bonchev–Trinajstić information content (AvgIpc) is 2.45. The van der Waals surface area contributed by atoms with Gasteiger partial charge in [0.2, 0.25) is 5.91 Å². The lowest BCUT2D eigenvalue weighted by atomic mass is 10.1. The Bertz CT molecular complexity index is 488. The van der Waals surface area contributed by atoms with Gasteiger partial charge in [-0.15, -0.1) is 0 Å². The second-order valence-corrected chi connectivity index (χ2v) is 5.56.